The van der Waals surface area contributed by atoms with Crippen molar-refractivity contribution in [3.8, 4) is 11.6 Å². The van der Waals surface area contributed by atoms with E-state index in [0.29, 0.717) is 17.3 Å². The highest BCUT2D eigenvalue weighted by molar-refractivity contribution is 9.10. The molecule has 0 aliphatic carbocycles. The Labute approximate surface area is 124 Å². The maximum absolute atomic E-state index is 5.93. The Morgan fingerprint density at radius 3 is 2.40 bits per heavy atom. The molecule has 100 valence electrons. The summed E-state index contributed by atoms with van der Waals surface area (Å²) in [6, 6.07) is 13.2. The van der Waals surface area contributed by atoms with Crippen LogP contribution in [0.1, 0.15) is 5.69 Å². The highest BCUT2D eigenvalue weighted by Gasteiger charge is 2.11. The SMILES string of the molecule is Cc1nc2ccccc2nc1Oc1c(N)cccc1Br. The van der Waals surface area contributed by atoms with Crippen LogP contribution in [0.5, 0.6) is 11.6 Å². The summed E-state index contributed by atoms with van der Waals surface area (Å²) in [6.45, 7) is 1.86. The van der Waals surface area contributed by atoms with Gasteiger partial charge in [0.2, 0.25) is 5.88 Å². The Morgan fingerprint density at radius 2 is 1.70 bits per heavy atom. The van der Waals surface area contributed by atoms with Gasteiger partial charge in [0.05, 0.1) is 21.2 Å². The van der Waals surface area contributed by atoms with E-state index in [-0.39, 0.29) is 0 Å². The molecule has 20 heavy (non-hydrogen) atoms. The first-order chi connectivity index (χ1) is 9.65. The Hall–Kier alpha value is -2.14. The highest BCUT2D eigenvalue weighted by Crippen LogP contribution is 2.35. The van der Waals surface area contributed by atoms with E-state index in [2.05, 4.69) is 25.9 Å². The normalized spacial score (nSPS) is 10.7. The zero-order chi connectivity index (χ0) is 14.1. The van der Waals surface area contributed by atoms with E-state index in [9.17, 15) is 0 Å². The molecule has 0 aliphatic heterocycles. The number of para-hydroxylation sites is 3. The fraction of sp³-hybridized carbons (Fsp3) is 0.0667. The molecule has 1 heterocycles. The van der Waals surface area contributed by atoms with Crippen LogP contribution >= 0.6 is 15.9 Å². The van der Waals surface area contributed by atoms with Crippen molar-refractivity contribution in [2.24, 2.45) is 0 Å². The van der Waals surface area contributed by atoms with Gasteiger partial charge in [-0.2, -0.15) is 0 Å². The van der Waals surface area contributed by atoms with E-state index < -0.39 is 0 Å². The van der Waals surface area contributed by atoms with E-state index in [0.717, 1.165) is 21.2 Å². The van der Waals surface area contributed by atoms with Crippen LogP contribution < -0.4 is 10.5 Å². The molecule has 5 heteroatoms. The minimum atomic E-state index is 0.460. The molecule has 0 amide bonds. The van der Waals surface area contributed by atoms with Gasteiger partial charge in [0.15, 0.2) is 5.75 Å². The van der Waals surface area contributed by atoms with Crippen molar-refractivity contribution in [1.29, 1.82) is 0 Å². The van der Waals surface area contributed by atoms with Gasteiger partial charge in [-0.3, -0.25) is 0 Å². The summed E-state index contributed by atoms with van der Waals surface area (Å²) >= 11 is 3.43. The molecule has 0 bridgehead atoms. The monoisotopic (exact) mass is 329 g/mol. The first kappa shape index (κ1) is 12.9. The van der Waals surface area contributed by atoms with Crippen molar-refractivity contribution in [3.63, 3.8) is 0 Å². The number of halogens is 1. The average molecular weight is 330 g/mol. The maximum atomic E-state index is 5.93. The van der Waals surface area contributed by atoms with Crippen molar-refractivity contribution >= 4 is 32.7 Å². The van der Waals surface area contributed by atoms with Crippen molar-refractivity contribution in [2.75, 3.05) is 5.73 Å². The molecule has 0 atom stereocenters. The van der Waals surface area contributed by atoms with E-state index in [1.165, 1.54) is 0 Å². The van der Waals surface area contributed by atoms with Crippen LogP contribution in [0.15, 0.2) is 46.9 Å². The van der Waals surface area contributed by atoms with Gasteiger partial charge >= 0.3 is 0 Å². The topological polar surface area (TPSA) is 61.0 Å². The molecule has 0 saturated heterocycles. The third-order valence-electron chi connectivity index (χ3n) is 2.90. The summed E-state index contributed by atoms with van der Waals surface area (Å²) in [5.41, 5.74) is 8.84. The molecular formula is C15H12BrN3O. The van der Waals surface area contributed by atoms with Crippen LogP contribution in [-0.4, -0.2) is 9.97 Å². The lowest BCUT2D eigenvalue weighted by Crippen LogP contribution is -1.98. The molecule has 0 radical (unpaired) electrons. The van der Waals surface area contributed by atoms with Crippen LogP contribution in [0.3, 0.4) is 0 Å². The van der Waals surface area contributed by atoms with E-state index in [1.54, 1.807) is 6.07 Å². The highest BCUT2D eigenvalue weighted by atomic mass is 79.9. The number of hydrogen-bond acceptors (Lipinski definition) is 4. The van der Waals surface area contributed by atoms with Gasteiger partial charge in [0.1, 0.15) is 5.69 Å². The van der Waals surface area contributed by atoms with Gasteiger partial charge in [0.25, 0.3) is 0 Å². The summed E-state index contributed by atoms with van der Waals surface area (Å²) in [4.78, 5) is 8.98. The molecule has 1 aromatic heterocycles. The Bertz CT molecular complexity index is 769. The van der Waals surface area contributed by atoms with E-state index >= 15 is 0 Å². The number of nitrogen functional groups attached to an aromatic ring is 1. The Morgan fingerprint density at radius 1 is 1.00 bits per heavy atom. The molecule has 0 spiro atoms. The summed E-state index contributed by atoms with van der Waals surface area (Å²) in [5, 5.41) is 0. The number of aryl methyl sites for hydroxylation is 1. The van der Waals surface area contributed by atoms with E-state index in [4.69, 9.17) is 10.5 Å². The quantitative estimate of drug-likeness (QED) is 0.720. The maximum Gasteiger partial charge on any atom is 0.241 e. The second-order valence-corrected chi connectivity index (χ2v) is 5.22. The number of aromatic nitrogens is 2. The van der Waals surface area contributed by atoms with Crippen molar-refractivity contribution in [2.45, 2.75) is 6.92 Å². The lowest BCUT2D eigenvalue weighted by molar-refractivity contribution is 0.457. The number of hydrogen-bond donors (Lipinski definition) is 1. The first-order valence-corrected chi connectivity index (χ1v) is 6.89. The Kier molecular flexibility index (Phi) is 3.28. The molecule has 2 aromatic carbocycles. The predicted molar refractivity (Wildman–Crippen MR) is 82.9 cm³/mol. The summed E-state index contributed by atoms with van der Waals surface area (Å²) in [5.74, 6) is 1.02. The fourth-order valence-corrected chi connectivity index (χ4v) is 2.36. The molecule has 4 nitrogen and oxygen atoms in total. The van der Waals surface area contributed by atoms with Gasteiger partial charge in [-0.15, -0.1) is 0 Å². The van der Waals surface area contributed by atoms with Gasteiger partial charge in [-0.25, -0.2) is 9.97 Å². The molecular weight excluding hydrogens is 318 g/mol. The number of nitrogens with zero attached hydrogens (tertiary/aromatic N) is 2. The second kappa shape index (κ2) is 5.09. The third-order valence-corrected chi connectivity index (χ3v) is 3.52. The predicted octanol–water partition coefficient (Wildman–Crippen LogP) is 4.08. The number of ether oxygens (including phenoxy) is 1. The lowest BCUT2D eigenvalue weighted by Gasteiger charge is -2.11. The Balaban J connectivity index is 2.09. The van der Waals surface area contributed by atoms with Crippen LogP contribution in [0, 0.1) is 6.92 Å². The molecule has 0 aliphatic rings. The van der Waals surface area contributed by atoms with Gasteiger partial charge in [-0.05, 0) is 47.1 Å². The van der Waals surface area contributed by atoms with E-state index in [1.807, 2.05) is 43.3 Å². The van der Waals surface area contributed by atoms with Crippen LogP contribution in [0.25, 0.3) is 11.0 Å². The molecule has 0 saturated carbocycles. The van der Waals surface area contributed by atoms with Crippen LogP contribution in [0.2, 0.25) is 0 Å². The van der Waals surface area contributed by atoms with Gasteiger partial charge in [0, 0.05) is 0 Å². The molecule has 2 N–H and O–H groups in total. The van der Waals surface area contributed by atoms with Gasteiger partial charge < -0.3 is 10.5 Å². The zero-order valence-corrected chi connectivity index (χ0v) is 12.4. The molecule has 0 fully saturated rings. The number of rotatable bonds is 2. The largest absolute Gasteiger partial charge is 0.434 e. The zero-order valence-electron chi connectivity index (χ0n) is 10.8. The number of nitrogens with two attached hydrogens (primary N) is 1. The number of fused-ring (bicyclic) bond motifs is 1. The first-order valence-electron chi connectivity index (χ1n) is 6.10. The van der Waals surface area contributed by atoms with Crippen LogP contribution in [0.4, 0.5) is 5.69 Å². The smallest absolute Gasteiger partial charge is 0.241 e. The third kappa shape index (κ3) is 2.32. The lowest BCUT2D eigenvalue weighted by atomic mass is 10.3. The molecule has 3 aromatic rings. The average Bonchev–Trinajstić information content (AvgIpc) is 2.43. The van der Waals surface area contributed by atoms with Crippen molar-refractivity contribution in [3.05, 3.63) is 52.6 Å². The fourth-order valence-electron chi connectivity index (χ4n) is 1.90. The molecule has 0 unspecified atom stereocenters. The van der Waals surface area contributed by atoms with Crippen molar-refractivity contribution in [1.82, 2.24) is 9.97 Å². The second-order valence-electron chi connectivity index (χ2n) is 4.36. The standard InChI is InChI=1S/C15H12BrN3O/c1-9-15(19-13-8-3-2-7-12(13)18-9)20-14-10(16)5-4-6-11(14)17/h2-8H,17H2,1H3. The number of benzene rings is 2. The van der Waals surface area contributed by atoms with Crippen molar-refractivity contribution < 1.29 is 4.74 Å². The minimum absolute atomic E-state index is 0.460. The number of anilines is 1. The summed E-state index contributed by atoms with van der Waals surface area (Å²) in [7, 11) is 0. The molecule has 3 rings (SSSR count). The summed E-state index contributed by atoms with van der Waals surface area (Å²) < 4.78 is 6.62. The van der Waals surface area contributed by atoms with Gasteiger partial charge in [-0.1, -0.05) is 18.2 Å². The van der Waals surface area contributed by atoms with Crippen LogP contribution in [-0.2, 0) is 0 Å². The minimum Gasteiger partial charge on any atom is -0.434 e. The summed E-state index contributed by atoms with van der Waals surface area (Å²) in [6.07, 6.45) is 0.